The summed E-state index contributed by atoms with van der Waals surface area (Å²) < 4.78 is 0.903. The normalized spacial score (nSPS) is 22.1. The first-order chi connectivity index (χ1) is 17.3. The lowest BCUT2D eigenvalue weighted by molar-refractivity contribution is 0.0740. The Balaban J connectivity index is 1.33. The van der Waals surface area contributed by atoms with Gasteiger partial charge < -0.3 is 20.0 Å². The number of halogens is 3. The molecule has 2 atom stereocenters. The summed E-state index contributed by atoms with van der Waals surface area (Å²) in [6.07, 6.45) is 3.88. The lowest BCUT2D eigenvalue weighted by Crippen LogP contribution is -2.54. The molecule has 5 rings (SSSR count). The predicted octanol–water partition coefficient (Wildman–Crippen LogP) is 5.94. The highest BCUT2D eigenvalue weighted by atomic mass is 79.9. The summed E-state index contributed by atoms with van der Waals surface area (Å²) in [5, 5.41) is 4.04. The monoisotopic (exact) mass is 592 g/mol. The Labute approximate surface area is 231 Å². The molecule has 192 valence electrons. The molecule has 0 bridgehead atoms. The molecule has 0 aromatic heterocycles. The second-order valence-electron chi connectivity index (χ2n) is 10.0. The zero-order valence-electron chi connectivity index (χ0n) is 20.4. The molecule has 0 radical (unpaired) electrons. The van der Waals surface area contributed by atoms with Gasteiger partial charge in [-0.15, -0.1) is 0 Å². The van der Waals surface area contributed by atoms with Crippen molar-refractivity contribution in [2.75, 3.05) is 39.8 Å². The molecule has 0 saturated carbocycles. The topological polar surface area (TPSA) is 55.9 Å². The second kappa shape index (κ2) is 10.9. The molecule has 1 N–H and O–H groups in total. The fourth-order valence-corrected chi connectivity index (χ4v) is 6.67. The quantitative estimate of drug-likeness (QED) is 0.451. The van der Waals surface area contributed by atoms with Crippen molar-refractivity contribution in [3.63, 3.8) is 0 Å². The molecular formula is C27H31BrCl2N4O2. The second-order valence-corrected chi connectivity index (χ2v) is 11.7. The van der Waals surface area contributed by atoms with Crippen LogP contribution < -0.4 is 5.32 Å². The van der Waals surface area contributed by atoms with E-state index >= 15 is 0 Å². The van der Waals surface area contributed by atoms with Crippen LogP contribution in [0.25, 0.3) is 0 Å². The van der Waals surface area contributed by atoms with E-state index in [0.29, 0.717) is 16.1 Å². The first-order valence-electron chi connectivity index (χ1n) is 12.6. The third-order valence-corrected chi connectivity index (χ3v) is 9.15. The first-order valence-corrected chi connectivity index (χ1v) is 14.2. The van der Waals surface area contributed by atoms with Crippen molar-refractivity contribution >= 4 is 51.1 Å². The number of amides is 3. The Morgan fingerprint density at radius 1 is 1.06 bits per heavy atom. The average molecular weight is 594 g/mol. The number of hydrogen-bond acceptors (Lipinski definition) is 3. The number of urea groups is 1. The van der Waals surface area contributed by atoms with Crippen molar-refractivity contribution in [1.82, 2.24) is 20.0 Å². The van der Waals surface area contributed by atoms with Crippen molar-refractivity contribution in [1.29, 1.82) is 0 Å². The number of nitrogens with one attached hydrogen (secondary N) is 1. The molecule has 0 spiro atoms. The van der Waals surface area contributed by atoms with Gasteiger partial charge in [0.2, 0.25) is 0 Å². The SMILES string of the molecule is CN1C(=O)c2cc(Br)ccc2C1C(CCN1CCC(N2CCCNC2=O)CC1)c1ccc(Cl)c(Cl)c1. The minimum Gasteiger partial charge on any atom is -0.338 e. The molecule has 3 heterocycles. The zero-order valence-corrected chi connectivity index (χ0v) is 23.4. The summed E-state index contributed by atoms with van der Waals surface area (Å²) in [6, 6.07) is 12.1. The highest BCUT2D eigenvalue weighted by Crippen LogP contribution is 2.45. The molecular weight excluding hydrogens is 563 g/mol. The van der Waals surface area contributed by atoms with Crippen LogP contribution in [0.3, 0.4) is 0 Å². The zero-order chi connectivity index (χ0) is 25.4. The highest BCUT2D eigenvalue weighted by molar-refractivity contribution is 9.10. The molecule has 9 heteroatoms. The van der Waals surface area contributed by atoms with E-state index in [0.717, 1.165) is 79.6 Å². The fraction of sp³-hybridized carbons (Fsp3) is 0.481. The molecule has 6 nitrogen and oxygen atoms in total. The van der Waals surface area contributed by atoms with Gasteiger partial charge in [0.15, 0.2) is 0 Å². The summed E-state index contributed by atoms with van der Waals surface area (Å²) in [4.78, 5) is 31.8. The van der Waals surface area contributed by atoms with Gasteiger partial charge in [0.05, 0.1) is 16.1 Å². The molecule has 2 aromatic carbocycles. The van der Waals surface area contributed by atoms with Crippen molar-refractivity contribution in [2.45, 2.75) is 43.7 Å². The number of fused-ring (bicyclic) bond motifs is 1. The van der Waals surface area contributed by atoms with Gasteiger partial charge in [-0.3, -0.25) is 4.79 Å². The van der Waals surface area contributed by atoms with E-state index in [4.69, 9.17) is 23.2 Å². The van der Waals surface area contributed by atoms with Gasteiger partial charge in [-0.2, -0.15) is 0 Å². The first kappa shape index (κ1) is 25.8. The van der Waals surface area contributed by atoms with Crippen molar-refractivity contribution in [3.05, 3.63) is 67.6 Å². The number of nitrogens with zero attached hydrogens (tertiary/aromatic N) is 3. The molecule has 2 aromatic rings. The molecule has 36 heavy (non-hydrogen) atoms. The van der Waals surface area contributed by atoms with Gasteiger partial charge in [-0.05, 0) is 67.6 Å². The molecule has 3 aliphatic heterocycles. The summed E-state index contributed by atoms with van der Waals surface area (Å²) in [7, 11) is 1.89. The van der Waals surface area contributed by atoms with E-state index in [1.54, 1.807) is 0 Å². The van der Waals surface area contributed by atoms with Gasteiger partial charge in [-0.25, -0.2) is 4.79 Å². The number of likely N-dealkylation sites (N-methyl/N-ethyl adjacent to an activating group) is 1. The van der Waals surface area contributed by atoms with E-state index in [2.05, 4.69) is 32.2 Å². The van der Waals surface area contributed by atoms with E-state index in [1.807, 2.05) is 47.2 Å². The average Bonchev–Trinajstić information content (AvgIpc) is 3.12. The lowest BCUT2D eigenvalue weighted by atomic mass is 9.84. The number of piperidine rings is 1. The molecule has 3 amide bonds. The Bertz CT molecular complexity index is 1150. The van der Waals surface area contributed by atoms with Gasteiger partial charge in [0.1, 0.15) is 0 Å². The van der Waals surface area contributed by atoms with Crippen LogP contribution in [0.15, 0.2) is 40.9 Å². The van der Waals surface area contributed by atoms with Crippen molar-refractivity contribution < 1.29 is 9.59 Å². The maximum Gasteiger partial charge on any atom is 0.317 e. The number of benzene rings is 2. The predicted molar refractivity (Wildman–Crippen MR) is 147 cm³/mol. The number of carbonyl (C=O) groups excluding carboxylic acids is 2. The van der Waals surface area contributed by atoms with Crippen LogP contribution in [-0.2, 0) is 0 Å². The highest BCUT2D eigenvalue weighted by Gasteiger charge is 2.40. The van der Waals surface area contributed by atoms with E-state index in [1.165, 1.54) is 0 Å². The smallest absolute Gasteiger partial charge is 0.317 e. The van der Waals surface area contributed by atoms with Crippen LogP contribution in [0, 0.1) is 0 Å². The summed E-state index contributed by atoms with van der Waals surface area (Å²) >= 11 is 16.2. The van der Waals surface area contributed by atoms with Crippen LogP contribution in [-0.4, -0.2) is 72.5 Å². The van der Waals surface area contributed by atoms with E-state index in [-0.39, 0.29) is 23.9 Å². The minimum atomic E-state index is -0.0765. The summed E-state index contributed by atoms with van der Waals surface area (Å²) in [5.41, 5.74) is 2.89. The number of carbonyl (C=O) groups is 2. The van der Waals surface area contributed by atoms with Gasteiger partial charge in [0.25, 0.3) is 5.91 Å². The Hall–Kier alpha value is -1.80. The summed E-state index contributed by atoms with van der Waals surface area (Å²) in [5.74, 6) is 0.115. The van der Waals surface area contributed by atoms with Crippen molar-refractivity contribution in [2.24, 2.45) is 0 Å². The number of likely N-dealkylation sites (tertiary alicyclic amines) is 1. The Morgan fingerprint density at radius 3 is 2.56 bits per heavy atom. The van der Waals surface area contributed by atoms with Crippen LogP contribution in [0.1, 0.15) is 59.1 Å². The van der Waals surface area contributed by atoms with Gasteiger partial charge in [-0.1, -0.05) is 51.3 Å². The van der Waals surface area contributed by atoms with Crippen LogP contribution in [0.5, 0.6) is 0 Å². The maximum absolute atomic E-state index is 13.1. The molecule has 3 aliphatic rings. The third kappa shape index (κ3) is 5.13. The summed E-state index contributed by atoms with van der Waals surface area (Å²) in [6.45, 7) is 4.47. The van der Waals surface area contributed by atoms with Crippen molar-refractivity contribution in [3.8, 4) is 0 Å². The number of hydrogen-bond donors (Lipinski definition) is 1. The molecule has 2 unspecified atom stereocenters. The minimum absolute atomic E-state index is 0.0435. The molecule has 2 saturated heterocycles. The Kier molecular flexibility index (Phi) is 7.82. The lowest BCUT2D eigenvalue weighted by Gasteiger charge is -2.40. The maximum atomic E-state index is 13.1. The van der Waals surface area contributed by atoms with Gasteiger partial charge in [0, 0.05) is 55.2 Å². The van der Waals surface area contributed by atoms with Crippen LogP contribution in [0.2, 0.25) is 10.0 Å². The third-order valence-electron chi connectivity index (χ3n) is 7.92. The van der Waals surface area contributed by atoms with E-state index in [9.17, 15) is 9.59 Å². The molecule has 2 fully saturated rings. The number of rotatable bonds is 6. The van der Waals surface area contributed by atoms with Gasteiger partial charge >= 0.3 is 6.03 Å². The van der Waals surface area contributed by atoms with Crippen LogP contribution in [0.4, 0.5) is 4.79 Å². The molecule has 0 aliphatic carbocycles. The Morgan fingerprint density at radius 2 is 1.83 bits per heavy atom. The van der Waals surface area contributed by atoms with Crippen LogP contribution >= 0.6 is 39.1 Å². The fourth-order valence-electron chi connectivity index (χ4n) is 6.01. The standard InChI is InChI=1S/C27H31BrCl2N4O2/c1-32-25(21-5-4-18(28)16-22(21)26(32)35)20(17-3-6-23(29)24(30)15-17)9-14-33-12-7-19(8-13-33)34-11-2-10-31-27(34)36/h3-6,15-16,19-20,25H,2,7-14H2,1H3,(H,31,36). The largest absolute Gasteiger partial charge is 0.338 e. The van der Waals surface area contributed by atoms with E-state index < -0.39 is 0 Å².